The maximum Gasteiger partial charge on any atom is 0.256 e. The Morgan fingerprint density at radius 3 is 2.57 bits per heavy atom. The number of ether oxygens (including phenoxy) is 1. The van der Waals surface area contributed by atoms with Gasteiger partial charge in [-0.3, -0.25) is 14.2 Å². The molecule has 1 saturated carbocycles. The first-order valence-electron chi connectivity index (χ1n) is 11.7. The maximum absolute atomic E-state index is 12.9. The molecule has 8 nitrogen and oxygen atoms in total. The molecule has 1 aliphatic rings. The summed E-state index contributed by atoms with van der Waals surface area (Å²) in [5, 5.41) is 7.04. The number of anilines is 1. The zero-order valence-corrected chi connectivity index (χ0v) is 19.7. The lowest BCUT2D eigenvalue weighted by atomic mass is 10.1. The van der Waals surface area contributed by atoms with Gasteiger partial charge in [-0.25, -0.2) is 4.98 Å². The van der Waals surface area contributed by atoms with E-state index in [9.17, 15) is 9.59 Å². The molecule has 2 aromatic heterocycles. The van der Waals surface area contributed by atoms with Crippen molar-refractivity contribution in [2.75, 3.05) is 19.0 Å². The molecule has 1 fully saturated rings. The molecular formula is C27H27N5O3. The highest BCUT2D eigenvalue weighted by atomic mass is 16.5. The fourth-order valence-corrected chi connectivity index (χ4v) is 4.07. The molecule has 0 aliphatic heterocycles. The van der Waals surface area contributed by atoms with E-state index in [0.29, 0.717) is 29.4 Å². The number of fused-ring (bicyclic) bond motifs is 1. The van der Waals surface area contributed by atoms with E-state index in [2.05, 4.69) is 20.6 Å². The topological polar surface area (TPSA) is 98.1 Å². The zero-order chi connectivity index (χ0) is 24.4. The number of para-hydroxylation sites is 1. The Kier molecular flexibility index (Phi) is 6.18. The van der Waals surface area contributed by atoms with Crippen LogP contribution in [-0.4, -0.2) is 40.1 Å². The summed E-state index contributed by atoms with van der Waals surface area (Å²) >= 11 is 0. The van der Waals surface area contributed by atoms with Gasteiger partial charge in [0.05, 0.1) is 18.5 Å². The van der Waals surface area contributed by atoms with Gasteiger partial charge in [-0.05, 0) is 68.1 Å². The molecule has 2 aromatic carbocycles. The number of amides is 1. The van der Waals surface area contributed by atoms with Gasteiger partial charge in [0.1, 0.15) is 5.75 Å². The third-order valence-electron chi connectivity index (χ3n) is 6.11. The second kappa shape index (κ2) is 9.58. The summed E-state index contributed by atoms with van der Waals surface area (Å²) in [6.45, 7) is 2.50. The van der Waals surface area contributed by atoms with Crippen LogP contribution in [0, 0.1) is 6.92 Å². The number of rotatable bonds is 8. The van der Waals surface area contributed by atoms with Crippen LogP contribution >= 0.6 is 0 Å². The van der Waals surface area contributed by atoms with Gasteiger partial charge < -0.3 is 15.4 Å². The number of carbonyl (C=O) groups is 1. The number of methoxy groups -OCH3 is 1. The van der Waals surface area contributed by atoms with Crippen molar-refractivity contribution in [1.29, 1.82) is 0 Å². The quantitative estimate of drug-likeness (QED) is 0.409. The number of aryl methyl sites for hydroxylation is 1. The molecule has 2 heterocycles. The van der Waals surface area contributed by atoms with E-state index >= 15 is 0 Å². The second-order valence-electron chi connectivity index (χ2n) is 8.66. The summed E-state index contributed by atoms with van der Waals surface area (Å²) < 4.78 is 6.98. The van der Waals surface area contributed by atoms with Gasteiger partial charge in [0.2, 0.25) is 5.95 Å². The number of hydrogen-bond donors (Lipinski definition) is 2. The summed E-state index contributed by atoms with van der Waals surface area (Å²) in [6, 6.07) is 18.5. The van der Waals surface area contributed by atoms with Gasteiger partial charge in [0.15, 0.2) is 5.65 Å². The molecule has 0 atom stereocenters. The van der Waals surface area contributed by atoms with Crippen LogP contribution < -0.4 is 20.9 Å². The fourth-order valence-electron chi connectivity index (χ4n) is 4.07. The van der Waals surface area contributed by atoms with Gasteiger partial charge in [-0.1, -0.05) is 18.2 Å². The predicted molar refractivity (Wildman–Crippen MR) is 136 cm³/mol. The van der Waals surface area contributed by atoms with Crippen LogP contribution in [0.15, 0.2) is 65.5 Å². The van der Waals surface area contributed by atoms with Crippen molar-refractivity contribution in [3.05, 3.63) is 87.8 Å². The van der Waals surface area contributed by atoms with Crippen LogP contribution in [0.25, 0.3) is 16.7 Å². The van der Waals surface area contributed by atoms with Crippen LogP contribution in [0.1, 0.15) is 34.5 Å². The third kappa shape index (κ3) is 4.87. The van der Waals surface area contributed by atoms with Crippen molar-refractivity contribution in [3.63, 3.8) is 0 Å². The Balaban J connectivity index is 1.42. The van der Waals surface area contributed by atoms with Crippen molar-refractivity contribution in [3.8, 4) is 11.4 Å². The number of pyridine rings is 1. The summed E-state index contributed by atoms with van der Waals surface area (Å²) in [6.07, 6.45) is 2.80. The standard InChI is InChI=1S/C27H27N5O3/c1-17-22-13-14-24(33)32(21-11-7-19(8-12-21)26(34)30-20-9-10-20)25(22)31-27(29-17)28-16-15-18-5-3-4-6-23(18)35-2/h3-8,11-14,20H,9-10,15-16H2,1-2H3,(H,30,34)(H,28,29,31). The van der Waals surface area contributed by atoms with Crippen LogP contribution in [-0.2, 0) is 6.42 Å². The van der Waals surface area contributed by atoms with E-state index in [1.807, 2.05) is 31.2 Å². The number of carbonyl (C=O) groups excluding carboxylic acids is 1. The number of nitrogens with one attached hydrogen (secondary N) is 2. The molecule has 0 unspecified atom stereocenters. The molecule has 5 rings (SSSR count). The Morgan fingerprint density at radius 2 is 1.83 bits per heavy atom. The average Bonchev–Trinajstić information content (AvgIpc) is 3.68. The van der Waals surface area contributed by atoms with Crippen LogP contribution in [0.3, 0.4) is 0 Å². The van der Waals surface area contributed by atoms with Gasteiger partial charge >= 0.3 is 0 Å². The van der Waals surface area contributed by atoms with Gasteiger partial charge in [0, 0.05) is 29.6 Å². The van der Waals surface area contributed by atoms with Crippen LogP contribution in [0.2, 0.25) is 0 Å². The molecule has 8 heteroatoms. The Bertz CT molecular complexity index is 1440. The smallest absolute Gasteiger partial charge is 0.256 e. The van der Waals surface area contributed by atoms with Crippen LogP contribution in [0.4, 0.5) is 5.95 Å². The van der Waals surface area contributed by atoms with Crippen molar-refractivity contribution in [2.24, 2.45) is 0 Å². The summed E-state index contributed by atoms with van der Waals surface area (Å²) in [4.78, 5) is 34.5. The van der Waals surface area contributed by atoms with Crippen molar-refractivity contribution in [2.45, 2.75) is 32.2 Å². The Morgan fingerprint density at radius 1 is 1.06 bits per heavy atom. The lowest BCUT2D eigenvalue weighted by molar-refractivity contribution is 0.0951. The molecule has 1 aliphatic carbocycles. The maximum atomic E-state index is 12.9. The summed E-state index contributed by atoms with van der Waals surface area (Å²) in [5.74, 6) is 1.20. The largest absolute Gasteiger partial charge is 0.496 e. The normalized spacial score (nSPS) is 13.0. The minimum Gasteiger partial charge on any atom is -0.496 e. The van der Waals surface area contributed by atoms with E-state index in [0.717, 1.165) is 41.7 Å². The molecule has 4 aromatic rings. The highest BCUT2D eigenvalue weighted by molar-refractivity contribution is 5.94. The van der Waals surface area contributed by atoms with Crippen molar-refractivity contribution >= 4 is 22.9 Å². The van der Waals surface area contributed by atoms with E-state index < -0.39 is 0 Å². The lowest BCUT2D eigenvalue weighted by Gasteiger charge is -2.14. The summed E-state index contributed by atoms with van der Waals surface area (Å²) in [7, 11) is 1.66. The highest BCUT2D eigenvalue weighted by Crippen LogP contribution is 2.22. The second-order valence-corrected chi connectivity index (χ2v) is 8.66. The van der Waals surface area contributed by atoms with E-state index in [-0.39, 0.29) is 17.5 Å². The minimum atomic E-state index is -0.203. The molecule has 178 valence electrons. The number of benzene rings is 2. The molecule has 0 spiro atoms. The fraction of sp³-hybridized carbons (Fsp3) is 0.259. The predicted octanol–water partition coefficient (Wildman–Crippen LogP) is 3.64. The van der Waals surface area contributed by atoms with Gasteiger partial charge in [-0.2, -0.15) is 4.98 Å². The van der Waals surface area contributed by atoms with E-state index in [1.165, 1.54) is 6.07 Å². The molecule has 2 N–H and O–H groups in total. The molecular weight excluding hydrogens is 442 g/mol. The zero-order valence-electron chi connectivity index (χ0n) is 19.7. The minimum absolute atomic E-state index is 0.0935. The molecule has 1 amide bonds. The van der Waals surface area contributed by atoms with E-state index in [1.54, 1.807) is 42.0 Å². The first-order valence-corrected chi connectivity index (χ1v) is 11.7. The van der Waals surface area contributed by atoms with Crippen LogP contribution in [0.5, 0.6) is 5.75 Å². The molecule has 35 heavy (non-hydrogen) atoms. The first kappa shape index (κ1) is 22.6. The highest BCUT2D eigenvalue weighted by Gasteiger charge is 2.23. The Labute approximate surface area is 203 Å². The Hall–Kier alpha value is -4.20. The number of aromatic nitrogens is 3. The molecule has 0 saturated heterocycles. The third-order valence-corrected chi connectivity index (χ3v) is 6.11. The molecule has 0 bridgehead atoms. The first-order chi connectivity index (χ1) is 17.0. The average molecular weight is 470 g/mol. The lowest BCUT2D eigenvalue weighted by Crippen LogP contribution is -2.25. The van der Waals surface area contributed by atoms with Gasteiger partial charge in [0.25, 0.3) is 11.5 Å². The van der Waals surface area contributed by atoms with Crippen molar-refractivity contribution < 1.29 is 9.53 Å². The monoisotopic (exact) mass is 469 g/mol. The van der Waals surface area contributed by atoms with Crippen molar-refractivity contribution in [1.82, 2.24) is 19.9 Å². The number of hydrogen-bond acceptors (Lipinski definition) is 6. The van der Waals surface area contributed by atoms with Gasteiger partial charge in [-0.15, -0.1) is 0 Å². The van der Waals surface area contributed by atoms with E-state index in [4.69, 9.17) is 4.74 Å². The number of nitrogens with zero attached hydrogens (tertiary/aromatic N) is 3. The summed E-state index contributed by atoms with van der Waals surface area (Å²) in [5.41, 5.74) is 3.37. The SMILES string of the molecule is COc1ccccc1CCNc1nc(C)c2ccc(=O)n(-c3ccc(C(=O)NC4CC4)cc3)c2n1. The molecule has 0 radical (unpaired) electrons.